The lowest BCUT2D eigenvalue weighted by Gasteiger charge is -2.13. The third kappa shape index (κ3) is 4.43. The zero-order valence-corrected chi connectivity index (χ0v) is 16.6. The van der Waals surface area contributed by atoms with E-state index in [2.05, 4.69) is 29.4 Å². The van der Waals surface area contributed by atoms with Gasteiger partial charge in [0.2, 0.25) is 11.1 Å². The highest BCUT2D eigenvalue weighted by molar-refractivity contribution is 7.99. The molecule has 27 heavy (non-hydrogen) atoms. The summed E-state index contributed by atoms with van der Waals surface area (Å²) in [4.78, 5) is 12.4. The first-order valence-corrected chi connectivity index (χ1v) is 9.80. The molecule has 0 aliphatic heterocycles. The highest BCUT2D eigenvalue weighted by Gasteiger charge is 2.16. The van der Waals surface area contributed by atoms with Crippen LogP contribution in [0.3, 0.4) is 0 Å². The van der Waals surface area contributed by atoms with Gasteiger partial charge in [0.25, 0.3) is 0 Å². The fraction of sp³-hybridized carbons (Fsp3) is 0.211. The van der Waals surface area contributed by atoms with Gasteiger partial charge in [-0.1, -0.05) is 67.5 Å². The topological polar surface area (TPSA) is 85.8 Å². The van der Waals surface area contributed by atoms with E-state index in [-0.39, 0.29) is 11.7 Å². The summed E-state index contributed by atoms with van der Waals surface area (Å²) in [7, 11) is 0. The number of thioether (sulfide) groups is 1. The summed E-state index contributed by atoms with van der Waals surface area (Å²) < 4.78 is 1.35. The molecule has 0 saturated heterocycles. The number of halogens is 1. The first-order valence-electron chi connectivity index (χ1n) is 8.44. The van der Waals surface area contributed by atoms with Crippen molar-refractivity contribution < 1.29 is 4.79 Å². The van der Waals surface area contributed by atoms with E-state index in [9.17, 15) is 4.79 Å². The second-order valence-electron chi connectivity index (χ2n) is 6.23. The molecule has 0 aliphatic carbocycles. The van der Waals surface area contributed by atoms with Gasteiger partial charge in [0.05, 0.1) is 10.8 Å². The normalized spacial score (nSPS) is 11.0. The fourth-order valence-electron chi connectivity index (χ4n) is 2.63. The number of rotatable bonds is 6. The lowest BCUT2D eigenvalue weighted by atomic mass is 10.0. The molecule has 0 unspecified atom stereocenters. The maximum absolute atomic E-state index is 12.4. The number of nitrogens with one attached hydrogen (secondary N) is 1. The van der Waals surface area contributed by atoms with Gasteiger partial charge in [0, 0.05) is 11.3 Å². The van der Waals surface area contributed by atoms with Crippen LogP contribution in [-0.4, -0.2) is 26.5 Å². The molecule has 140 valence electrons. The zero-order valence-electron chi connectivity index (χ0n) is 15.0. The molecule has 2 aromatic carbocycles. The van der Waals surface area contributed by atoms with Crippen LogP contribution in [0, 0.1) is 0 Å². The molecule has 0 bridgehead atoms. The van der Waals surface area contributed by atoms with Crippen LogP contribution in [-0.2, 0) is 4.79 Å². The van der Waals surface area contributed by atoms with Gasteiger partial charge in [-0.15, -0.1) is 10.2 Å². The molecule has 3 aromatic rings. The maximum Gasteiger partial charge on any atom is 0.234 e. The minimum atomic E-state index is -0.129. The second-order valence-corrected chi connectivity index (χ2v) is 7.58. The predicted molar refractivity (Wildman–Crippen MR) is 111 cm³/mol. The van der Waals surface area contributed by atoms with Crippen LogP contribution in [0.15, 0.2) is 53.7 Å². The monoisotopic (exact) mass is 401 g/mol. The maximum atomic E-state index is 12.4. The van der Waals surface area contributed by atoms with E-state index in [1.807, 2.05) is 42.5 Å². The molecule has 0 saturated carbocycles. The summed E-state index contributed by atoms with van der Waals surface area (Å²) in [5, 5.41) is 12.1. The van der Waals surface area contributed by atoms with Crippen LogP contribution in [0.5, 0.6) is 0 Å². The molecule has 1 aromatic heterocycles. The van der Waals surface area contributed by atoms with Gasteiger partial charge in [-0.05, 0) is 29.7 Å². The van der Waals surface area contributed by atoms with Crippen molar-refractivity contribution in [2.24, 2.45) is 0 Å². The van der Waals surface area contributed by atoms with Gasteiger partial charge in [0.1, 0.15) is 0 Å². The SMILES string of the molecule is CC(C)c1ccccc1NC(=O)CSc1nnc(-c2ccccc2Cl)n1N. The molecule has 0 fully saturated rings. The molecule has 8 heteroatoms. The van der Waals surface area contributed by atoms with E-state index in [0.29, 0.717) is 27.5 Å². The van der Waals surface area contributed by atoms with Crippen molar-refractivity contribution in [2.45, 2.75) is 24.9 Å². The molecule has 3 N–H and O–H groups in total. The van der Waals surface area contributed by atoms with Crippen molar-refractivity contribution in [1.29, 1.82) is 0 Å². The lowest BCUT2D eigenvalue weighted by molar-refractivity contribution is -0.113. The standard InChI is InChI=1S/C19H20ClN5OS/c1-12(2)13-7-4-6-10-16(13)22-17(26)11-27-19-24-23-18(25(19)21)14-8-3-5-9-15(14)20/h3-10,12H,11,21H2,1-2H3,(H,22,26). The number of carbonyl (C=O) groups is 1. The quantitative estimate of drug-likeness (QED) is 0.478. The fourth-order valence-corrected chi connectivity index (χ4v) is 3.51. The number of carbonyl (C=O) groups excluding carboxylic acids is 1. The number of para-hydroxylation sites is 1. The number of amides is 1. The lowest BCUT2D eigenvalue weighted by Crippen LogP contribution is -2.17. The van der Waals surface area contributed by atoms with Crippen LogP contribution in [0.1, 0.15) is 25.3 Å². The van der Waals surface area contributed by atoms with Gasteiger partial charge in [-0.3, -0.25) is 4.79 Å². The third-order valence-corrected chi connectivity index (χ3v) is 5.24. The minimum absolute atomic E-state index is 0.129. The minimum Gasteiger partial charge on any atom is -0.335 e. The van der Waals surface area contributed by atoms with E-state index in [1.165, 1.54) is 16.4 Å². The summed E-state index contributed by atoms with van der Waals surface area (Å²) in [5.41, 5.74) is 2.61. The summed E-state index contributed by atoms with van der Waals surface area (Å²) in [6.07, 6.45) is 0. The average molecular weight is 402 g/mol. The zero-order chi connectivity index (χ0) is 19.4. The summed E-state index contributed by atoms with van der Waals surface area (Å²) >= 11 is 7.41. The molecule has 0 aliphatic rings. The van der Waals surface area contributed by atoms with Crippen molar-refractivity contribution >= 4 is 35.0 Å². The van der Waals surface area contributed by atoms with E-state index in [4.69, 9.17) is 17.4 Å². The van der Waals surface area contributed by atoms with E-state index < -0.39 is 0 Å². The van der Waals surface area contributed by atoms with Crippen LogP contribution in [0.4, 0.5) is 5.69 Å². The van der Waals surface area contributed by atoms with Crippen molar-refractivity contribution in [3.8, 4) is 11.4 Å². The van der Waals surface area contributed by atoms with Gasteiger partial charge in [-0.2, -0.15) is 0 Å². The van der Waals surface area contributed by atoms with Gasteiger partial charge < -0.3 is 11.2 Å². The van der Waals surface area contributed by atoms with Crippen LogP contribution >= 0.6 is 23.4 Å². The van der Waals surface area contributed by atoms with Crippen molar-refractivity contribution in [1.82, 2.24) is 14.9 Å². The van der Waals surface area contributed by atoms with Crippen molar-refractivity contribution in [3.05, 3.63) is 59.1 Å². The number of benzene rings is 2. The Balaban J connectivity index is 1.68. The third-order valence-electron chi connectivity index (χ3n) is 3.97. The average Bonchev–Trinajstić information content (AvgIpc) is 3.01. The van der Waals surface area contributed by atoms with Crippen molar-refractivity contribution in [2.75, 3.05) is 16.9 Å². The Labute approximate surface area is 167 Å². The molecular weight excluding hydrogens is 382 g/mol. The molecule has 3 rings (SSSR count). The Morgan fingerprint density at radius 1 is 1.19 bits per heavy atom. The molecule has 1 heterocycles. The highest BCUT2D eigenvalue weighted by Crippen LogP contribution is 2.28. The molecule has 0 atom stereocenters. The first-order chi connectivity index (χ1) is 13.0. The second kappa shape index (κ2) is 8.45. The number of hydrogen-bond acceptors (Lipinski definition) is 5. The summed E-state index contributed by atoms with van der Waals surface area (Å²) in [6, 6.07) is 15.0. The van der Waals surface area contributed by atoms with Gasteiger partial charge >= 0.3 is 0 Å². The van der Waals surface area contributed by atoms with Crippen LogP contribution < -0.4 is 11.2 Å². The van der Waals surface area contributed by atoms with E-state index >= 15 is 0 Å². The Bertz CT molecular complexity index is 957. The number of aromatic nitrogens is 3. The summed E-state index contributed by atoms with van der Waals surface area (Å²) in [6.45, 7) is 4.18. The van der Waals surface area contributed by atoms with E-state index in [0.717, 1.165) is 11.3 Å². The largest absolute Gasteiger partial charge is 0.335 e. The number of anilines is 1. The molecule has 6 nitrogen and oxygen atoms in total. The van der Waals surface area contributed by atoms with Crippen LogP contribution in [0.25, 0.3) is 11.4 Å². The summed E-state index contributed by atoms with van der Waals surface area (Å²) in [5.74, 6) is 6.90. The first kappa shape index (κ1) is 19.3. The Morgan fingerprint density at radius 3 is 2.63 bits per heavy atom. The van der Waals surface area contributed by atoms with Crippen molar-refractivity contribution in [3.63, 3.8) is 0 Å². The molecule has 1 amide bonds. The van der Waals surface area contributed by atoms with Crippen LogP contribution in [0.2, 0.25) is 5.02 Å². The number of nitrogen functional groups attached to an aromatic ring is 1. The highest BCUT2D eigenvalue weighted by atomic mass is 35.5. The molecule has 0 spiro atoms. The number of nitrogens with two attached hydrogens (primary N) is 1. The Hall–Kier alpha value is -2.51. The number of nitrogens with zero attached hydrogens (tertiary/aromatic N) is 3. The predicted octanol–water partition coefficient (Wildman–Crippen LogP) is 4.17. The van der Waals surface area contributed by atoms with Gasteiger partial charge in [-0.25, -0.2) is 4.68 Å². The molecule has 0 radical (unpaired) electrons. The smallest absolute Gasteiger partial charge is 0.234 e. The van der Waals surface area contributed by atoms with E-state index in [1.54, 1.807) is 6.07 Å². The van der Waals surface area contributed by atoms with Gasteiger partial charge in [0.15, 0.2) is 5.82 Å². The Kier molecular flexibility index (Phi) is 6.03. The number of hydrogen-bond donors (Lipinski definition) is 2. The molecular formula is C19H20ClN5OS. The Morgan fingerprint density at radius 2 is 1.89 bits per heavy atom.